The van der Waals surface area contributed by atoms with Gasteiger partial charge in [0.2, 0.25) is 0 Å². The summed E-state index contributed by atoms with van der Waals surface area (Å²) in [6, 6.07) is 0. The quantitative estimate of drug-likeness (QED) is 0.425. The molecule has 0 amide bonds. The smallest absolute Gasteiger partial charge is 0.153 e. The molecule has 0 bridgehead atoms. The molecule has 2 unspecified atom stereocenters. The van der Waals surface area contributed by atoms with Crippen LogP contribution in [0.1, 0.15) is 32.6 Å². The van der Waals surface area contributed by atoms with Crippen molar-refractivity contribution in [1.29, 1.82) is 0 Å². The van der Waals surface area contributed by atoms with E-state index >= 15 is 0 Å². The van der Waals surface area contributed by atoms with Crippen LogP contribution in [0.25, 0.3) is 0 Å². The molecule has 2 N–H and O–H groups in total. The van der Waals surface area contributed by atoms with E-state index in [9.17, 15) is 0 Å². The molecule has 0 radical (unpaired) electrons. The van der Waals surface area contributed by atoms with E-state index in [1.165, 1.54) is 12.8 Å². The van der Waals surface area contributed by atoms with Gasteiger partial charge in [-0.05, 0) is 12.3 Å². The number of hydrogen-bond acceptors (Lipinski definition) is 0. The zero-order valence-electron chi connectivity index (χ0n) is 5.48. The summed E-state index contributed by atoms with van der Waals surface area (Å²) in [5.74, 6) is 0.825. The normalized spacial score (nSPS) is 39.8. The summed E-state index contributed by atoms with van der Waals surface area (Å²) < 4.78 is 0. The summed E-state index contributed by atoms with van der Waals surface area (Å²) in [6.45, 7) is 2.25. The van der Waals surface area contributed by atoms with E-state index in [1.54, 1.807) is 0 Å². The fourth-order valence-electron chi connectivity index (χ4n) is 1.43. The van der Waals surface area contributed by atoms with Crippen molar-refractivity contribution >= 4 is 0 Å². The Morgan fingerprint density at radius 2 is 2.12 bits per heavy atom. The van der Waals surface area contributed by atoms with Crippen molar-refractivity contribution in [2.75, 3.05) is 0 Å². The molecule has 0 spiro atoms. The van der Waals surface area contributed by atoms with Crippen molar-refractivity contribution in [2.24, 2.45) is 5.92 Å². The highest BCUT2D eigenvalue weighted by atomic mass is 16.3. The Morgan fingerprint density at radius 1 is 1.38 bits per heavy atom. The van der Waals surface area contributed by atoms with E-state index in [0.29, 0.717) is 0 Å². The molecule has 8 heavy (non-hydrogen) atoms. The first-order valence-corrected chi connectivity index (χ1v) is 3.50. The second kappa shape index (κ2) is 2.49. The van der Waals surface area contributed by atoms with Crippen molar-refractivity contribution in [1.82, 2.24) is 0 Å². The topological polar surface area (TPSA) is 22.9 Å². The van der Waals surface area contributed by atoms with Crippen molar-refractivity contribution in [3.8, 4) is 0 Å². The Hall–Kier alpha value is -0.0400. The van der Waals surface area contributed by atoms with E-state index in [4.69, 9.17) is 5.11 Å². The minimum absolute atomic E-state index is 0.263. The molecule has 0 heterocycles. The lowest BCUT2D eigenvalue weighted by atomic mass is 9.89. The summed E-state index contributed by atoms with van der Waals surface area (Å²) in [5, 5.41) is 7.40. The molecular formula is C7H15O+. The maximum absolute atomic E-state index is 7.40. The molecule has 1 aliphatic carbocycles. The van der Waals surface area contributed by atoms with Crippen LogP contribution in [0.15, 0.2) is 0 Å². The molecule has 2 atom stereocenters. The van der Waals surface area contributed by atoms with E-state index in [2.05, 4.69) is 6.92 Å². The van der Waals surface area contributed by atoms with Gasteiger partial charge in [-0.3, -0.25) is 0 Å². The van der Waals surface area contributed by atoms with Gasteiger partial charge in [0.15, 0.2) is 6.10 Å². The third-order valence-electron chi connectivity index (χ3n) is 1.94. The van der Waals surface area contributed by atoms with E-state index in [0.717, 1.165) is 18.8 Å². The van der Waals surface area contributed by atoms with Gasteiger partial charge in [0.1, 0.15) is 0 Å². The van der Waals surface area contributed by atoms with Crippen molar-refractivity contribution in [3.63, 3.8) is 0 Å². The third kappa shape index (κ3) is 1.48. The summed E-state index contributed by atoms with van der Waals surface area (Å²) in [5.41, 5.74) is 0. The highest BCUT2D eigenvalue weighted by molar-refractivity contribution is 4.67. The highest BCUT2D eigenvalue weighted by Gasteiger charge is 2.18. The first-order valence-electron chi connectivity index (χ1n) is 3.50. The van der Waals surface area contributed by atoms with Crippen LogP contribution in [-0.4, -0.2) is 11.2 Å². The van der Waals surface area contributed by atoms with Crippen LogP contribution in [0.3, 0.4) is 0 Å². The van der Waals surface area contributed by atoms with Crippen molar-refractivity contribution in [3.05, 3.63) is 0 Å². The molecule has 1 saturated carbocycles. The highest BCUT2D eigenvalue weighted by Crippen LogP contribution is 2.22. The van der Waals surface area contributed by atoms with Crippen molar-refractivity contribution in [2.45, 2.75) is 38.7 Å². The van der Waals surface area contributed by atoms with Gasteiger partial charge in [-0.2, -0.15) is 0 Å². The van der Waals surface area contributed by atoms with Gasteiger partial charge in [0.05, 0.1) is 0 Å². The predicted molar refractivity (Wildman–Crippen MR) is 35.0 cm³/mol. The summed E-state index contributed by atoms with van der Waals surface area (Å²) in [4.78, 5) is 0. The lowest BCUT2D eigenvalue weighted by Gasteiger charge is -2.18. The molecule has 0 aromatic heterocycles. The van der Waals surface area contributed by atoms with Gasteiger partial charge in [-0.1, -0.05) is 13.3 Å². The van der Waals surface area contributed by atoms with Crippen LogP contribution < -0.4 is 0 Å². The Labute approximate surface area is 50.7 Å². The van der Waals surface area contributed by atoms with Gasteiger partial charge < -0.3 is 5.11 Å². The standard InChI is InChI=1S/C7H14O/c1-6-3-2-4-7(8)5-6/h6-8H,2-5H2,1H3/p+1. The van der Waals surface area contributed by atoms with Crippen LogP contribution in [-0.2, 0) is 0 Å². The average Bonchev–Trinajstić information content (AvgIpc) is 1.64. The van der Waals surface area contributed by atoms with Crippen LogP contribution >= 0.6 is 0 Å². The first kappa shape index (κ1) is 6.09. The SMILES string of the molecule is CC1CCCC([OH2+])C1. The maximum atomic E-state index is 7.40. The average molecular weight is 115 g/mol. The molecule has 1 aliphatic rings. The maximum Gasteiger partial charge on any atom is 0.153 e. The molecule has 1 nitrogen and oxygen atoms in total. The zero-order valence-corrected chi connectivity index (χ0v) is 5.48. The van der Waals surface area contributed by atoms with Gasteiger partial charge in [-0.25, -0.2) is 0 Å². The molecule has 0 aromatic carbocycles. The fraction of sp³-hybridized carbons (Fsp3) is 1.00. The second-order valence-electron chi connectivity index (χ2n) is 2.97. The Balaban J connectivity index is 2.23. The lowest BCUT2D eigenvalue weighted by Crippen LogP contribution is -2.16. The largest absolute Gasteiger partial charge is 0.443 e. The van der Waals surface area contributed by atoms with Crippen LogP contribution in [0.4, 0.5) is 0 Å². The molecule has 0 aromatic rings. The van der Waals surface area contributed by atoms with E-state index < -0.39 is 0 Å². The van der Waals surface area contributed by atoms with Gasteiger partial charge >= 0.3 is 0 Å². The van der Waals surface area contributed by atoms with Gasteiger partial charge in [0, 0.05) is 12.8 Å². The number of rotatable bonds is 0. The molecular weight excluding hydrogens is 100 g/mol. The Kier molecular flexibility index (Phi) is 1.90. The molecule has 1 heteroatoms. The second-order valence-corrected chi connectivity index (χ2v) is 2.97. The Morgan fingerprint density at radius 3 is 2.50 bits per heavy atom. The summed E-state index contributed by atoms with van der Waals surface area (Å²) in [7, 11) is 0. The fourth-order valence-corrected chi connectivity index (χ4v) is 1.43. The zero-order chi connectivity index (χ0) is 5.98. The third-order valence-corrected chi connectivity index (χ3v) is 1.94. The van der Waals surface area contributed by atoms with Gasteiger partial charge in [0.25, 0.3) is 0 Å². The molecule has 1 rings (SSSR count). The van der Waals surface area contributed by atoms with Crippen LogP contribution in [0.5, 0.6) is 0 Å². The summed E-state index contributed by atoms with van der Waals surface area (Å²) in [6.07, 6.45) is 5.19. The number of hydrogen-bond donors (Lipinski definition) is 0. The van der Waals surface area contributed by atoms with E-state index in [-0.39, 0.29) is 6.10 Å². The van der Waals surface area contributed by atoms with Crippen molar-refractivity contribution < 1.29 is 5.11 Å². The molecule has 1 fully saturated rings. The van der Waals surface area contributed by atoms with Crippen LogP contribution in [0.2, 0.25) is 0 Å². The van der Waals surface area contributed by atoms with Crippen LogP contribution in [0, 0.1) is 5.92 Å². The molecule has 0 aliphatic heterocycles. The Bertz CT molecular complexity index is 62.8. The van der Waals surface area contributed by atoms with Gasteiger partial charge in [-0.15, -0.1) is 0 Å². The first-order chi connectivity index (χ1) is 3.79. The minimum atomic E-state index is 0.263. The summed E-state index contributed by atoms with van der Waals surface area (Å²) >= 11 is 0. The molecule has 48 valence electrons. The lowest BCUT2D eigenvalue weighted by molar-refractivity contribution is 0.106. The monoisotopic (exact) mass is 115 g/mol. The minimum Gasteiger partial charge on any atom is -0.443 e. The van der Waals surface area contributed by atoms with E-state index in [1.807, 2.05) is 0 Å². The molecule has 0 saturated heterocycles. The predicted octanol–water partition coefficient (Wildman–Crippen LogP) is 1.29.